The normalized spacial score (nSPS) is 14.4. The van der Waals surface area contributed by atoms with Crippen LogP contribution in [0.3, 0.4) is 0 Å². The van der Waals surface area contributed by atoms with E-state index in [0.717, 1.165) is 12.0 Å². The van der Waals surface area contributed by atoms with Gasteiger partial charge in [0.25, 0.3) is 17.5 Å². The van der Waals surface area contributed by atoms with Gasteiger partial charge in [0.15, 0.2) is 16.6 Å². The number of nitrogens with one attached hydrogen (secondary N) is 1. The number of non-ortho nitro benzene ring substituents is 1. The van der Waals surface area contributed by atoms with Crippen molar-refractivity contribution in [2.45, 2.75) is 20.0 Å². The minimum atomic E-state index is -0.596. The van der Waals surface area contributed by atoms with Gasteiger partial charge in [-0.25, -0.2) is 0 Å². The molecule has 1 heterocycles. The zero-order chi connectivity index (χ0) is 27.4. The summed E-state index contributed by atoms with van der Waals surface area (Å²) in [6.07, 6.45) is 2.33. The van der Waals surface area contributed by atoms with Crippen molar-refractivity contribution < 1.29 is 24.0 Å². The fourth-order valence-electron chi connectivity index (χ4n) is 3.82. The molecule has 38 heavy (non-hydrogen) atoms. The highest BCUT2D eigenvalue weighted by Crippen LogP contribution is 2.36. The van der Waals surface area contributed by atoms with E-state index in [1.165, 1.54) is 30.2 Å². The van der Waals surface area contributed by atoms with E-state index in [1.807, 2.05) is 19.1 Å². The van der Waals surface area contributed by atoms with Crippen LogP contribution in [0, 0.1) is 13.7 Å². The van der Waals surface area contributed by atoms with Crippen molar-refractivity contribution in [3.8, 4) is 11.5 Å². The third-order valence-electron chi connectivity index (χ3n) is 5.77. The van der Waals surface area contributed by atoms with Gasteiger partial charge in [-0.2, -0.15) is 0 Å². The van der Waals surface area contributed by atoms with Crippen LogP contribution in [0.5, 0.6) is 11.5 Å². The van der Waals surface area contributed by atoms with Gasteiger partial charge in [0.05, 0.1) is 21.3 Å². The fourth-order valence-corrected chi connectivity index (χ4v) is 4.88. The predicted molar refractivity (Wildman–Crippen MR) is 155 cm³/mol. The smallest absolute Gasteiger partial charge is 0.270 e. The molecular weight excluding hydrogens is 621 g/mol. The lowest BCUT2D eigenvalue weighted by molar-refractivity contribution is -0.384. The molecule has 194 valence electrons. The Morgan fingerprint density at radius 1 is 1.11 bits per heavy atom. The van der Waals surface area contributed by atoms with Crippen LogP contribution in [0.25, 0.3) is 6.08 Å². The zero-order valence-corrected chi connectivity index (χ0v) is 23.4. The maximum absolute atomic E-state index is 13.4. The highest BCUT2D eigenvalue weighted by atomic mass is 127. The first-order chi connectivity index (χ1) is 18.2. The second kappa shape index (κ2) is 11.7. The number of nitro benzene ring substituents is 1. The Morgan fingerprint density at radius 2 is 1.84 bits per heavy atom. The van der Waals surface area contributed by atoms with E-state index in [4.69, 9.17) is 21.7 Å². The first kappa shape index (κ1) is 27.2. The summed E-state index contributed by atoms with van der Waals surface area (Å²) in [4.78, 5) is 37.9. The Balaban J connectivity index is 1.61. The molecule has 0 aromatic heterocycles. The molecule has 1 fully saturated rings. The molecule has 3 aromatic carbocycles. The van der Waals surface area contributed by atoms with Crippen molar-refractivity contribution in [1.82, 2.24) is 5.32 Å². The first-order valence-corrected chi connectivity index (χ1v) is 12.9. The van der Waals surface area contributed by atoms with Gasteiger partial charge >= 0.3 is 0 Å². The average molecular weight is 643 g/mol. The summed E-state index contributed by atoms with van der Waals surface area (Å²) < 4.78 is 12.1. The summed E-state index contributed by atoms with van der Waals surface area (Å²) in [6, 6.07) is 16.9. The summed E-state index contributed by atoms with van der Waals surface area (Å²) >= 11 is 7.35. The number of carbonyl (C=O) groups excluding carboxylic acids is 2. The Bertz CT molecular complexity index is 1470. The molecule has 0 unspecified atom stereocenters. The Labute approximate surface area is 237 Å². The van der Waals surface area contributed by atoms with Crippen molar-refractivity contribution in [3.63, 3.8) is 0 Å². The van der Waals surface area contributed by atoms with Gasteiger partial charge in [-0.15, -0.1) is 0 Å². The van der Waals surface area contributed by atoms with Crippen molar-refractivity contribution in [1.29, 1.82) is 0 Å². The van der Waals surface area contributed by atoms with Gasteiger partial charge in [-0.1, -0.05) is 31.2 Å². The minimum absolute atomic E-state index is 0.0125. The number of carbonyl (C=O) groups is 2. The number of nitrogens with zero attached hydrogens (tertiary/aromatic N) is 2. The maximum atomic E-state index is 13.4. The largest absolute Gasteiger partial charge is 0.493 e. The van der Waals surface area contributed by atoms with E-state index in [0.29, 0.717) is 31.9 Å². The van der Waals surface area contributed by atoms with Gasteiger partial charge in [0.1, 0.15) is 12.2 Å². The number of rotatable bonds is 8. The number of hydrogen-bond donors (Lipinski definition) is 1. The molecule has 9 nitrogen and oxygen atoms in total. The SMILES string of the molecule is CCc1ccc(N2C(=O)/C(=C/c3cc(I)c(OCc4cccc([N+](=O)[O-])c4)c(OC)c3)C(=O)NC2=S)cc1. The van der Waals surface area contributed by atoms with Crippen LogP contribution >= 0.6 is 34.8 Å². The number of methoxy groups -OCH3 is 1. The van der Waals surface area contributed by atoms with E-state index in [-0.39, 0.29) is 23.0 Å². The van der Waals surface area contributed by atoms with Crippen molar-refractivity contribution in [2.24, 2.45) is 0 Å². The molecule has 0 atom stereocenters. The van der Waals surface area contributed by atoms with Crippen LogP contribution in [0.1, 0.15) is 23.6 Å². The van der Waals surface area contributed by atoms with Gasteiger partial charge in [-0.3, -0.25) is 29.9 Å². The highest BCUT2D eigenvalue weighted by Gasteiger charge is 2.34. The molecule has 4 rings (SSSR count). The number of hydrogen-bond acceptors (Lipinski definition) is 7. The summed E-state index contributed by atoms with van der Waals surface area (Å²) in [7, 11) is 1.47. The molecule has 0 spiro atoms. The van der Waals surface area contributed by atoms with Crippen LogP contribution in [0.2, 0.25) is 0 Å². The Morgan fingerprint density at radius 3 is 2.50 bits per heavy atom. The molecule has 0 radical (unpaired) electrons. The Hall–Kier alpha value is -3.84. The van der Waals surface area contributed by atoms with E-state index < -0.39 is 16.7 Å². The lowest BCUT2D eigenvalue weighted by Gasteiger charge is -2.29. The lowest BCUT2D eigenvalue weighted by Crippen LogP contribution is -2.54. The molecule has 1 N–H and O–H groups in total. The Kier molecular flexibility index (Phi) is 8.37. The van der Waals surface area contributed by atoms with Crippen LogP contribution < -0.4 is 19.7 Å². The predicted octanol–water partition coefficient (Wildman–Crippen LogP) is 5.18. The second-order valence-corrected chi connectivity index (χ2v) is 9.78. The van der Waals surface area contributed by atoms with Crippen LogP contribution in [0.4, 0.5) is 11.4 Å². The van der Waals surface area contributed by atoms with E-state index in [2.05, 4.69) is 27.9 Å². The van der Waals surface area contributed by atoms with E-state index >= 15 is 0 Å². The summed E-state index contributed by atoms with van der Waals surface area (Å²) in [5.74, 6) is -0.329. The molecule has 1 aliphatic heterocycles. The van der Waals surface area contributed by atoms with Crippen LogP contribution in [0.15, 0.2) is 66.2 Å². The van der Waals surface area contributed by atoms with Gasteiger partial charge in [0, 0.05) is 12.1 Å². The number of nitro groups is 1. The fraction of sp³-hybridized carbons (Fsp3) is 0.148. The summed E-state index contributed by atoms with van der Waals surface area (Å²) in [5.41, 5.74) is 2.72. The van der Waals surface area contributed by atoms with Crippen molar-refractivity contribution in [3.05, 3.63) is 96.6 Å². The lowest BCUT2D eigenvalue weighted by atomic mass is 10.1. The van der Waals surface area contributed by atoms with Gasteiger partial charge < -0.3 is 9.47 Å². The third-order valence-corrected chi connectivity index (χ3v) is 6.86. The van der Waals surface area contributed by atoms with Crippen molar-refractivity contribution in [2.75, 3.05) is 12.0 Å². The molecule has 2 amide bonds. The van der Waals surface area contributed by atoms with E-state index in [1.54, 1.807) is 36.4 Å². The maximum Gasteiger partial charge on any atom is 0.270 e. The molecule has 0 aliphatic carbocycles. The number of halogens is 1. The first-order valence-electron chi connectivity index (χ1n) is 11.5. The molecule has 3 aromatic rings. The van der Waals surface area contributed by atoms with Gasteiger partial charge in [-0.05, 0) is 88.3 Å². The number of aryl methyl sites for hydroxylation is 1. The number of benzene rings is 3. The van der Waals surface area contributed by atoms with Gasteiger partial charge in [0.2, 0.25) is 0 Å². The average Bonchev–Trinajstić information content (AvgIpc) is 2.90. The van der Waals surface area contributed by atoms with Crippen LogP contribution in [-0.4, -0.2) is 29.0 Å². The van der Waals surface area contributed by atoms with Crippen molar-refractivity contribution >= 4 is 69.2 Å². The highest BCUT2D eigenvalue weighted by molar-refractivity contribution is 14.1. The number of amides is 2. The minimum Gasteiger partial charge on any atom is -0.493 e. The molecule has 1 aliphatic rings. The molecule has 1 saturated heterocycles. The number of thiocarbonyl (C=S) groups is 1. The molecular formula is C27H22IN3O6S. The number of ether oxygens (including phenoxy) is 2. The molecule has 11 heteroatoms. The topological polar surface area (TPSA) is 111 Å². The third kappa shape index (κ3) is 5.83. The number of anilines is 1. The quantitative estimate of drug-likeness (QED) is 0.0900. The second-order valence-electron chi connectivity index (χ2n) is 8.23. The molecule has 0 saturated carbocycles. The van der Waals surface area contributed by atoms with Crippen LogP contribution in [-0.2, 0) is 22.6 Å². The zero-order valence-electron chi connectivity index (χ0n) is 20.4. The monoisotopic (exact) mass is 643 g/mol. The molecule has 0 bridgehead atoms. The summed E-state index contributed by atoms with van der Waals surface area (Å²) in [6.45, 7) is 2.12. The standard InChI is InChI=1S/C27H22IN3O6S/c1-3-16-7-9-19(10-8-16)30-26(33)21(25(32)29-27(30)38)12-18-13-22(28)24(23(14-18)36-2)37-15-17-5-4-6-20(11-17)31(34)35/h4-14H,3,15H2,1-2H3,(H,29,32,38)/b21-12+. The summed E-state index contributed by atoms with van der Waals surface area (Å²) in [5, 5.41) is 13.6. The van der Waals surface area contributed by atoms with E-state index in [9.17, 15) is 19.7 Å².